The number of furan rings is 1. The number of hydrogen-bond acceptors (Lipinski definition) is 4. The van der Waals surface area contributed by atoms with E-state index in [1.807, 2.05) is 30.3 Å². The largest absolute Gasteiger partial charge is 0.496 e. The van der Waals surface area contributed by atoms with Crippen LogP contribution in [0.4, 0.5) is 0 Å². The molecule has 4 nitrogen and oxygen atoms in total. The van der Waals surface area contributed by atoms with Crippen molar-refractivity contribution >= 4 is 11.6 Å². The quantitative estimate of drug-likeness (QED) is 0.609. The van der Waals surface area contributed by atoms with E-state index in [0.29, 0.717) is 5.02 Å². The van der Waals surface area contributed by atoms with Crippen LogP contribution in [0.15, 0.2) is 41.0 Å². The van der Waals surface area contributed by atoms with Crippen molar-refractivity contribution in [1.82, 2.24) is 5.43 Å². The molecular weight excluding hydrogens is 276 g/mol. The third kappa shape index (κ3) is 4.00. The maximum Gasteiger partial charge on any atom is 0.122 e. The molecule has 0 amide bonds. The van der Waals surface area contributed by atoms with Crippen LogP contribution in [0.1, 0.15) is 17.7 Å². The van der Waals surface area contributed by atoms with Gasteiger partial charge in [0.1, 0.15) is 11.5 Å². The third-order valence-corrected chi connectivity index (χ3v) is 3.50. The predicted molar refractivity (Wildman–Crippen MR) is 79.8 cm³/mol. The minimum Gasteiger partial charge on any atom is -0.496 e. The number of methoxy groups -OCH3 is 1. The summed E-state index contributed by atoms with van der Waals surface area (Å²) in [5, 5.41) is 0.697. The zero-order chi connectivity index (χ0) is 14.4. The van der Waals surface area contributed by atoms with Crippen molar-refractivity contribution in [3.8, 4) is 5.75 Å². The van der Waals surface area contributed by atoms with E-state index in [9.17, 15) is 0 Å². The van der Waals surface area contributed by atoms with Crippen molar-refractivity contribution in [3.63, 3.8) is 0 Å². The molecule has 1 aromatic heterocycles. The van der Waals surface area contributed by atoms with Gasteiger partial charge in [0, 0.05) is 17.5 Å². The van der Waals surface area contributed by atoms with E-state index < -0.39 is 0 Å². The van der Waals surface area contributed by atoms with Crippen LogP contribution >= 0.6 is 11.6 Å². The number of rotatable bonds is 7. The molecule has 0 aliphatic heterocycles. The number of aryl methyl sites for hydroxylation is 1. The first-order valence-corrected chi connectivity index (χ1v) is 6.91. The monoisotopic (exact) mass is 294 g/mol. The first kappa shape index (κ1) is 14.9. The van der Waals surface area contributed by atoms with Crippen LogP contribution < -0.4 is 16.0 Å². The predicted octanol–water partition coefficient (Wildman–Crippen LogP) is 2.95. The molecule has 0 aliphatic carbocycles. The second kappa shape index (κ2) is 7.33. The van der Waals surface area contributed by atoms with Crippen molar-refractivity contribution in [1.29, 1.82) is 0 Å². The average molecular weight is 295 g/mol. The molecule has 0 aliphatic rings. The fraction of sp³-hybridized carbons (Fsp3) is 0.333. The lowest BCUT2D eigenvalue weighted by Crippen LogP contribution is -2.37. The number of hydrogen-bond donors (Lipinski definition) is 2. The van der Waals surface area contributed by atoms with Crippen molar-refractivity contribution in [3.05, 3.63) is 52.9 Å². The summed E-state index contributed by atoms with van der Waals surface area (Å²) in [6.45, 7) is 0. The SMILES string of the molecule is COc1ccc(Cl)cc1CC(CCc1ccco1)NN. The molecule has 1 unspecified atom stereocenters. The molecule has 0 saturated carbocycles. The fourth-order valence-corrected chi connectivity index (χ4v) is 2.38. The highest BCUT2D eigenvalue weighted by Crippen LogP contribution is 2.24. The summed E-state index contributed by atoms with van der Waals surface area (Å²) >= 11 is 6.04. The van der Waals surface area contributed by atoms with Crippen LogP contribution in [0.25, 0.3) is 0 Å². The van der Waals surface area contributed by atoms with Gasteiger partial charge in [-0.3, -0.25) is 11.3 Å². The molecule has 3 N–H and O–H groups in total. The minimum absolute atomic E-state index is 0.132. The Balaban J connectivity index is 2.00. The van der Waals surface area contributed by atoms with Gasteiger partial charge in [0.15, 0.2) is 0 Å². The summed E-state index contributed by atoms with van der Waals surface area (Å²) in [7, 11) is 1.65. The molecule has 1 heterocycles. The molecule has 2 rings (SSSR count). The van der Waals surface area contributed by atoms with Gasteiger partial charge in [0.2, 0.25) is 0 Å². The Bertz CT molecular complexity index is 529. The zero-order valence-electron chi connectivity index (χ0n) is 11.4. The average Bonchev–Trinajstić information content (AvgIpc) is 2.97. The lowest BCUT2D eigenvalue weighted by atomic mass is 10.0. The van der Waals surface area contributed by atoms with E-state index >= 15 is 0 Å². The lowest BCUT2D eigenvalue weighted by Gasteiger charge is -2.17. The van der Waals surface area contributed by atoms with Gasteiger partial charge >= 0.3 is 0 Å². The number of ether oxygens (including phenoxy) is 1. The van der Waals surface area contributed by atoms with Crippen molar-refractivity contribution in [2.75, 3.05) is 7.11 Å². The second-order valence-electron chi connectivity index (χ2n) is 4.64. The Morgan fingerprint density at radius 1 is 1.40 bits per heavy atom. The Kier molecular flexibility index (Phi) is 5.47. The lowest BCUT2D eigenvalue weighted by molar-refractivity contribution is 0.400. The Hall–Kier alpha value is -1.49. The van der Waals surface area contributed by atoms with Gasteiger partial charge in [-0.1, -0.05) is 11.6 Å². The maximum atomic E-state index is 6.04. The molecule has 0 fully saturated rings. The first-order chi connectivity index (χ1) is 9.72. The number of nitrogens with one attached hydrogen (secondary N) is 1. The van der Waals surface area contributed by atoms with Crippen LogP contribution in [0.3, 0.4) is 0 Å². The Labute approximate surface area is 123 Å². The smallest absolute Gasteiger partial charge is 0.122 e. The first-order valence-electron chi connectivity index (χ1n) is 6.54. The Morgan fingerprint density at radius 3 is 2.90 bits per heavy atom. The van der Waals surface area contributed by atoms with Gasteiger partial charge < -0.3 is 9.15 Å². The summed E-state index contributed by atoms with van der Waals surface area (Å²) in [5.41, 5.74) is 3.89. The van der Waals surface area contributed by atoms with Crippen LogP contribution in [-0.4, -0.2) is 13.2 Å². The van der Waals surface area contributed by atoms with Crippen molar-refractivity contribution < 1.29 is 9.15 Å². The van der Waals surface area contributed by atoms with Crippen LogP contribution in [-0.2, 0) is 12.8 Å². The number of benzene rings is 1. The molecule has 108 valence electrons. The molecule has 0 bridgehead atoms. The van der Waals surface area contributed by atoms with Crippen LogP contribution in [0, 0.1) is 0 Å². The molecule has 0 saturated heterocycles. The fourth-order valence-electron chi connectivity index (χ4n) is 2.19. The molecule has 1 atom stereocenters. The van der Waals surface area contributed by atoms with Crippen LogP contribution in [0.5, 0.6) is 5.75 Å². The van der Waals surface area contributed by atoms with Gasteiger partial charge in [-0.25, -0.2) is 0 Å². The number of nitrogens with two attached hydrogens (primary N) is 1. The summed E-state index contributed by atoms with van der Waals surface area (Å²) in [6.07, 6.45) is 4.14. The molecule has 5 heteroatoms. The summed E-state index contributed by atoms with van der Waals surface area (Å²) < 4.78 is 10.7. The molecule has 1 aromatic carbocycles. The summed E-state index contributed by atoms with van der Waals surface area (Å²) in [4.78, 5) is 0. The van der Waals surface area contributed by atoms with E-state index in [1.165, 1.54) is 0 Å². The number of halogens is 1. The number of hydrazine groups is 1. The highest BCUT2D eigenvalue weighted by molar-refractivity contribution is 6.30. The van der Waals surface area contributed by atoms with Gasteiger partial charge in [0.05, 0.1) is 13.4 Å². The molecule has 0 spiro atoms. The van der Waals surface area contributed by atoms with E-state index in [-0.39, 0.29) is 6.04 Å². The van der Waals surface area contributed by atoms with E-state index in [2.05, 4.69) is 5.43 Å². The molecule has 0 radical (unpaired) electrons. The summed E-state index contributed by atoms with van der Waals surface area (Å²) in [6, 6.07) is 9.59. The normalized spacial score (nSPS) is 12.3. The van der Waals surface area contributed by atoms with Crippen molar-refractivity contribution in [2.24, 2.45) is 5.84 Å². The zero-order valence-corrected chi connectivity index (χ0v) is 12.2. The third-order valence-electron chi connectivity index (χ3n) is 3.26. The maximum absolute atomic E-state index is 6.04. The highest BCUT2D eigenvalue weighted by Gasteiger charge is 2.13. The van der Waals surface area contributed by atoms with Crippen LogP contribution in [0.2, 0.25) is 5.02 Å². The second-order valence-corrected chi connectivity index (χ2v) is 5.08. The summed E-state index contributed by atoms with van der Waals surface area (Å²) in [5.74, 6) is 7.42. The van der Waals surface area contributed by atoms with Gasteiger partial charge in [-0.2, -0.15) is 0 Å². The van der Waals surface area contributed by atoms with E-state index in [1.54, 1.807) is 13.4 Å². The van der Waals surface area contributed by atoms with Gasteiger partial charge in [-0.05, 0) is 48.7 Å². The highest BCUT2D eigenvalue weighted by atomic mass is 35.5. The van der Waals surface area contributed by atoms with Gasteiger partial charge in [-0.15, -0.1) is 0 Å². The van der Waals surface area contributed by atoms with E-state index in [0.717, 1.165) is 36.3 Å². The standard InChI is InChI=1S/C15H19ClN2O2/c1-19-15-7-4-12(16)9-11(15)10-13(18-17)5-6-14-3-2-8-20-14/h2-4,7-9,13,18H,5-6,10,17H2,1H3. The topological polar surface area (TPSA) is 60.4 Å². The Morgan fingerprint density at radius 2 is 2.25 bits per heavy atom. The molecular formula is C15H19ClN2O2. The molecule has 2 aromatic rings. The van der Waals surface area contributed by atoms with Crippen molar-refractivity contribution in [2.45, 2.75) is 25.3 Å². The van der Waals surface area contributed by atoms with E-state index in [4.69, 9.17) is 26.6 Å². The molecule has 20 heavy (non-hydrogen) atoms. The minimum atomic E-state index is 0.132. The van der Waals surface area contributed by atoms with Gasteiger partial charge in [0.25, 0.3) is 0 Å².